The van der Waals surface area contributed by atoms with E-state index in [0.29, 0.717) is 16.7 Å². The molecule has 0 aromatic carbocycles. The summed E-state index contributed by atoms with van der Waals surface area (Å²) in [6, 6.07) is 4.00. The van der Waals surface area contributed by atoms with Gasteiger partial charge in [-0.25, -0.2) is 9.97 Å². The minimum Gasteiger partial charge on any atom is -0.490 e. The van der Waals surface area contributed by atoms with Crippen LogP contribution in [0, 0.1) is 0 Å². The Hall–Kier alpha value is -1.88. The third-order valence-corrected chi connectivity index (χ3v) is 3.06. The molecule has 2 heterocycles. The summed E-state index contributed by atoms with van der Waals surface area (Å²) in [5.41, 5.74) is 1.22. The maximum Gasteiger partial charge on any atom is 0.199 e. The van der Waals surface area contributed by atoms with E-state index in [4.69, 9.17) is 16.3 Å². The van der Waals surface area contributed by atoms with Gasteiger partial charge in [-0.2, -0.15) is 0 Å². The number of hydrogen-bond acceptors (Lipinski definition) is 5. The van der Waals surface area contributed by atoms with E-state index in [2.05, 4.69) is 15.0 Å². The Balaban J connectivity index is 2.08. The second kappa shape index (κ2) is 6.33. The summed E-state index contributed by atoms with van der Waals surface area (Å²) >= 11 is 5.98. The molecule has 0 aliphatic heterocycles. The van der Waals surface area contributed by atoms with E-state index in [0.717, 1.165) is 13.0 Å². The highest BCUT2D eigenvalue weighted by atomic mass is 35.5. The third-order valence-electron chi connectivity index (χ3n) is 2.79. The Kier molecular flexibility index (Phi) is 4.52. The Labute approximate surface area is 117 Å². The molecule has 0 amide bonds. The number of aromatic nitrogens is 3. The summed E-state index contributed by atoms with van der Waals surface area (Å²) in [5.74, 6) is 1.19. The first kappa shape index (κ1) is 13.5. The Morgan fingerprint density at radius 1 is 1.26 bits per heavy atom. The standard InChI is InChI=1S/C13H15ClN4O/c1-18(8-5-10-3-6-15-7-4-10)13-11(19-2)12(14)16-9-17-13/h3-4,6-7,9H,5,8H2,1-2H3. The SMILES string of the molecule is COc1c(Cl)ncnc1N(C)CCc1ccncc1. The van der Waals surface area contributed by atoms with Gasteiger partial charge in [0.25, 0.3) is 0 Å². The lowest BCUT2D eigenvalue weighted by Crippen LogP contribution is -2.22. The number of ether oxygens (including phenoxy) is 1. The average molecular weight is 279 g/mol. The number of halogens is 1. The maximum atomic E-state index is 5.98. The molecule has 0 spiro atoms. The van der Waals surface area contributed by atoms with Crippen LogP contribution >= 0.6 is 11.6 Å². The van der Waals surface area contributed by atoms with Crippen LogP contribution in [0.4, 0.5) is 5.82 Å². The molecule has 0 aliphatic rings. The first-order valence-corrected chi connectivity index (χ1v) is 6.24. The Morgan fingerprint density at radius 3 is 2.68 bits per heavy atom. The lowest BCUT2D eigenvalue weighted by Gasteiger charge is -2.20. The van der Waals surface area contributed by atoms with E-state index in [1.165, 1.54) is 11.9 Å². The summed E-state index contributed by atoms with van der Waals surface area (Å²) in [7, 11) is 3.51. The molecule has 0 radical (unpaired) electrons. The van der Waals surface area contributed by atoms with E-state index < -0.39 is 0 Å². The van der Waals surface area contributed by atoms with Crippen molar-refractivity contribution in [2.24, 2.45) is 0 Å². The van der Waals surface area contributed by atoms with Gasteiger partial charge in [0.15, 0.2) is 16.7 Å². The van der Waals surface area contributed by atoms with Gasteiger partial charge in [-0.15, -0.1) is 0 Å². The molecule has 0 atom stereocenters. The molecule has 100 valence electrons. The fourth-order valence-corrected chi connectivity index (χ4v) is 1.95. The molecule has 19 heavy (non-hydrogen) atoms. The number of nitrogens with zero attached hydrogens (tertiary/aromatic N) is 4. The molecule has 0 unspecified atom stereocenters. The van der Waals surface area contributed by atoms with Crippen molar-refractivity contribution in [1.82, 2.24) is 15.0 Å². The highest BCUT2D eigenvalue weighted by molar-refractivity contribution is 6.31. The lowest BCUT2D eigenvalue weighted by atomic mass is 10.2. The molecule has 0 aliphatic carbocycles. The number of anilines is 1. The van der Waals surface area contributed by atoms with Gasteiger partial charge in [-0.3, -0.25) is 4.98 Å². The zero-order valence-corrected chi connectivity index (χ0v) is 11.6. The van der Waals surface area contributed by atoms with Crippen molar-refractivity contribution < 1.29 is 4.74 Å². The van der Waals surface area contributed by atoms with Crippen LogP contribution in [0.15, 0.2) is 30.9 Å². The van der Waals surface area contributed by atoms with Crippen LogP contribution in [0.25, 0.3) is 0 Å². The van der Waals surface area contributed by atoms with Gasteiger partial charge < -0.3 is 9.64 Å². The van der Waals surface area contributed by atoms with Crippen molar-refractivity contribution in [2.75, 3.05) is 25.6 Å². The van der Waals surface area contributed by atoms with Crippen LogP contribution < -0.4 is 9.64 Å². The molecular weight excluding hydrogens is 264 g/mol. The summed E-state index contributed by atoms with van der Waals surface area (Å²) < 4.78 is 5.24. The molecule has 2 rings (SSSR count). The monoisotopic (exact) mass is 278 g/mol. The van der Waals surface area contributed by atoms with Crippen molar-refractivity contribution >= 4 is 17.4 Å². The molecule has 2 aromatic heterocycles. The summed E-state index contributed by atoms with van der Waals surface area (Å²) in [4.78, 5) is 14.1. The number of pyridine rings is 1. The van der Waals surface area contributed by atoms with Gasteiger partial charge in [0.1, 0.15) is 6.33 Å². The van der Waals surface area contributed by atoms with Crippen LogP contribution in [0.2, 0.25) is 5.15 Å². The minimum absolute atomic E-state index is 0.322. The maximum absolute atomic E-state index is 5.98. The first-order valence-electron chi connectivity index (χ1n) is 5.87. The van der Waals surface area contributed by atoms with Gasteiger partial charge >= 0.3 is 0 Å². The smallest absolute Gasteiger partial charge is 0.199 e. The number of rotatable bonds is 5. The van der Waals surface area contributed by atoms with E-state index in [1.807, 2.05) is 24.1 Å². The molecule has 6 heteroatoms. The molecule has 0 saturated carbocycles. The van der Waals surface area contributed by atoms with Gasteiger partial charge in [0.2, 0.25) is 0 Å². The number of methoxy groups -OCH3 is 1. The van der Waals surface area contributed by atoms with Crippen LogP contribution in [-0.2, 0) is 6.42 Å². The van der Waals surface area contributed by atoms with Gasteiger partial charge in [-0.1, -0.05) is 11.6 Å². The second-order valence-electron chi connectivity index (χ2n) is 4.05. The van der Waals surface area contributed by atoms with Crippen molar-refractivity contribution in [3.8, 4) is 5.75 Å². The Bertz CT molecular complexity index is 535. The zero-order valence-electron chi connectivity index (χ0n) is 10.9. The molecule has 0 fully saturated rings. The van der Waals surface area contributed by atoms with Crippen molar-refractivity contribution in [1.29, 1.82) is 0 Å². The van der Waals surface area contributed by atoms with Crippen molar-refractivity contribution in [3.05, 3.63) is 41.6 Å². The normalized spacial score (nSPS) is 10.3. The van der Waals surface area contributed by atoms with Gasteiger partial charge in [0, 0.05) is 26.0 Å². The Morgan fingerprint density at radius 2 is 2.00 bits per heavy atom. The number of hydrogen-bond donors (Lipinski definition) is 0. The van der Waals surface area contributed by atoms with E-state index >= 15 is 0 Å². The third kappa shape index (κ3) is 3.32. The first-order chi connectivity index (χ1) is 9.22. The topological polar surface area (TPSA) is 51.1 Å². The van der Waals surface area contributed by atoms with Crippen LogP contribution in [0.3, 0.4) is 0 Å². The zero-order chi connectivity index (χ0) is 13.7. The van der Waals surface area contributed by atoms with Crippen LogP contribution in [0.1, 0.15) is 5.56 Å². The average Bonchev–Trinajstić information content (AvgIpc) is 2.45. The molecular formula is C13H15ClN4O. The molecule has 5 nitrogen and oxygen atoms in total. The highest BCUT2D eigenvalue weighted by Crippen LogP contribution is 2.30. The summed E-state index contributed by atoms with van der Waals surface area (Å²) in [6.07, 6.45) is 5.90. The second-order valence-corrected chi connectivity index (χ2v) is 4.41. The van der Waals surface area contributed by atoms with E-state index in [-0.39, 0.29) is 0 Å². The van der Waals surface area contributed by atoms with E-state index in [9.17, 15) is 0 Å². The quantitative estimate of drug-likeness (QED) is 0.785. The molecule has 0 saturated heterocycles. The minimum atomic E-state index is 0.322. The van der Waals surface area contributed by atoms with Gasteiger partial charge in [-0.05, 0) is 24.1 Å². The van der Waals surface area contributed by atoms with Crippen LogP contribution in [0.5, 0.6) is 5.75 Å². The predicted octanol–water partition coefficient (Wildman–Crippen LogP) is 2.21. The summed E-state index contributed by atoms with van der Waals surface area (Å²) in [6.45, 7) is 0.799. The van der Waals surface area contributed by atoms with Crippen LogP contribution in [-0.4, -0.2) is 35.7 Å². The van der Waals surface area contributed by atoms with Gasteiger partial charge in [0.05, 0.1) is 7.11 Å². The lowest BCUT2D eigenvalue weighted by molar-refractivity contribution is 0.411. The van der Waals surface area contributed by atoms with Crippen molar-refractivity contribution in [3.63, 3.8) is 0 Å². The molecule has 0 bridgehead atoms. The fourth-order valence-electron chi connectivity index (χ4n) is 1.74. The number of likely N-dealkylation sites (N-methyl/N-ethyl adjacent to an activating group) is 1. The fraction of sp³-hybridized carbons (Fsp3) is 0.308. The molecule has 2 aromatic rings. The van der Waals surface area contributed by atoms with Crippen molar-refractivity contribution in [2.45, 2.75) is 6.42 Å². The molecule has 0 N–H and O–H groups in total. The van der Waals surface area contributed by atoms with E-state index in [1.54, 1.807) is 19.5 Å². The largest absolute Gasteiger partial charge is 0.490 e. The summed E-state index contributed by atoms with van der Waals surface area (Å²) in [5, 5.41) is 0.322. The highest BCUT2D eigenvalue weighted by Gasteiger charge is 2.14. The predicted molar refractivity (Wildman–Crippen MR) is 74.8 cm³/mol.